The monoisotopic (exact) mass is 548 g/mol. The van der Waals surface area contributed by atoms with Crippen LogP contribution in [0.4, 0.5) is 0 Å². The molecule has 0 saturated carbocycles. The molecule has 1 atom stereocenters. The average Bonchev–Trinajstić information content (AvgIpc) is 2.69. The lowest BCUT2D eigenvalue weighted by Gasteiger charge is -2.33. The van der Waals surface area contributed by atoms with E-state index < -0.39 is 11.6 Å². The van der Waals surface area contributed by atoms with Gasteiger partial charge in [0.15, 0.2) is 0 Å². The van der Waals surface area contributed by atoms with E-state index in [9.17, 15) is 9.59 Å². The van der Waals surface area contributed by atoms with Crippen LogP contribution >= 0.6 is 58.2 Å². The van der Waals surface area contributed by atoms with Gasteiger partial charge < -0.3 is 10.2 Å². The summed E-state index contributed by atoms with van der Waals surface area (Å²) in [4.78, 5) is 28.0. The van der Waals surface area contributed by atoms with Crippen LogP contribution in [0.3, 0.4) is 0 Å². The van der Waals surface area contributed by atoms with Gasteiger partial charge in [-0.2, -0.15) is 0 Å². The molecule has 0 spiro atoms. The topological polar surface area (TPSA) is 49.4 Å². The Morgan fingerprint density at radius 3 is 2.00 bits per heavy atom. The quantitative estimate of drug-likeness (QED) is 0.358. The number of halogens is 4. The molecule has 2 aromatic carbocycles. The zero-order valence-corrected chi connectivity index (χ0v) is 22.9. The number of amides is 2. The first-order valence-electron chi connectivity index (χ1n) is 10.5. The molecule has 0 saturated heterocycles. The van der Waals surface area contributed by atoms with Gasteiger partial charge in [0.2, 0.25) is 11.8 Å². The molecule has 1 N–H and O–H groups in total. The van der Waals surface area contributed by atoms with Crippen LogP contribution < -0.4 is 5.32 Å². The van der Waals surface area contributed by atoms with Gasteiger partial charge in [-0.15, -0.1) is 11.8 Å². The first kappa shape index (κ1) is 28.1. The van der Waals surface area contributed by atoms with Crippen LogP contribution in [0.15, 0.2) is 36.4 Å². The first-order valence-corrected chi connectivity index (χ1v) is 13.1. The van der Waals surface area contributed by atoms with Crippen molar-refractivity contribution in [3.63, 3.8) is 0 Å². The Bertz CT molecular complexity index is 995. The molecule has 0 heterocycles. The molecule has 0 aliphatic heterocycles. The lowest BCUT2D eigenvalue weighted by Crippen LogP contribution is -2.53. The maximum Gasteiger partial charge on any atom is 0.243 e. The summed E-state index contributed by atoms with van der Waals surface area (Å²) < 4.78 is 0. The number of carbonyl (C=O) groups is 2. The summed E-state index contributed by atoms with van der Waals surface area (Å²) in [6.45, 7) is 7.81. The van der Waals surface area contributed by atoms with Crippen molar-refractivity contribution in [2.75, 3.05) is 5.75 Å². The van der Waals surface area contributed by atoms with Crippen molar-refractivity contribution in [2.45, 2.75) is 58.0 Å². The number of carbonyl (C=O) groups excluding carboxylic acids is 2. The number of nitrogens with zero attached hydrogens (tertiary/aromatic N) is 1. The molecule has 2 rings (SSSR count). The van der Waals surface area contributed by atoms with Gasteiger partial charge in [-0.05, 0) is 62.6 Å². The second-order valence-corrected chi connectivity index (χ2v) is 11.3. The van der Waals surface area contributed by atoms with Crippen molar-refractivity contribution in [3.8, 4) is 0 Å². The normalized spacial score (nSPS) is 12.4. The molecule has 33 heavy (non-hydrogen) atoms. The highest BCUT2D eigenvalue weighted by molar-refractivity contribution is 7.99. The molecule has 1 unspecified atom stereocenters. The van der Waals surface area contributed by atoms with E-state index in [1.807, 2.05) is 33.8 Å². The minimum atomic E-state index is -0.636. The Morgan fingerprint density at radius 1 is 0.970 bits per heavy atom. The van der Waals surface area contributed by atoms with Crippen molar-refractivity contribution >= 4 is 70.0 Å². The summed E-state index contributed by atoms with van der Waals surface area (Å²) in [6.07, 6.45) is 0.465. The smallest absolute Gasteiger partial charge is 0.243 e. The SMILES string of the molecule is CCC(C(=O)NC(C)(C)C)N(Cc1ccc(Cl)cc1Cl)C(=O)CSCc1ccc(Cl)cc1Cl. The van der Waals surface area contributed by atoms with Crippen LogP contribution in [0.5, 0.6) is 0 Å². The van der Waals surface area contributed by atoms with Crippen molar-refractivity contribution in [1.29, 1.82) is 0 Å². The Labute approximate surface area is 220 Å². The number of thioether (sulfide) groups is 1. The van der Waals surface area contributed by atoms with Gasteiger partial charge in [0.05, 0.1) is 5.75 Å². The number of benzene rings is 2. The van der Waals surface area contributed by atoms with Gasteiger partial charge in [-0.25, -0.2) is 0 Å². The van der Waals surface area contributed by atoms with Crippen molar-refractivity contribution in [2.24, 2.45) is 0 Å². The van der Waals surface area contributed by atoms with Gasteiger partial charge in [0, 0.05) is 37.9 Å². The Balaban J connectivity index is 2.22. The van der Waals surface area contributed by atoms with Crippen molar-refractivity contribution in [3.05, 3.63) is 67.6 Å². The third kappa shape index (κ3) is 8.88. The second-order valence-electron chi connectivity index (χ2n) is 8.65. The fourth-order valence-electron chi connectivity index (χ4n) is 3.18. The summed E-state index contributed by atoms with van der Waals surface area (Å²) >= 11 is 26.0. The minimum Gasteiger partial charge on any atom is -0.350 e. The Kier molecular flexibility index (Phi) is 10.7. The zero-order chi connectivity index (χ0) is 24.8. The van der Waals surface area contributed by atoms with Gasteiger partial charge >= 0.3 is 0 Å². The van der Waals surface area contributed by atoms with Crippen molar-refractivity contribution < 1.29 is 9.59 Å². The van der Waals surface area contributed by atoms with Crippen LogP contribution in [-0.4, -0.2) is 34.0 Å². The van der Waals surface area contributed by atoms with E-state index in [0.717, 1.165) is 11.1 Å². The predicted octanol–water partition coefficient (Wildman–Crippen LogP) is 7.26. The fraction of sp³-hybridized carbons (Fsp3) is 0.417. The molecule has 0 radical (unpaired) electrons. The van der Waals surface area contributed by atoms with E-state index in [-0.39, 0.29) is 24.1 Å². The van der Waals surface area contributed by atoms with E-state index >= 15 is 0 Å². The first-order chi connectivity index (χ1) is 15.4. The lowest BCUT2D eigenvalue weighted by molar-refractivity contribution is -0.140. The summed E-state index contributed by atoms with van der Waals surface area (Å²) in [6, 6.07) is 9.79. The van der Waals surface area contributed by atoms with E-state index in [4.69, 9.17) is 46.4 Å². The number of hydrogen-bond donors (Lipinski definition) is 1. The molecule has 0 aromatic heterocycles. The van der Waals surface area contributed by atoms with E-state index in [1.165, 1.54) is 11.8 Å². The highest BCUT2D eigenvalue weighted by atomic mass is 35.5. The van der Waals surface area contributed by atoms with Gasteiger partial charge in [0.25, 0.3) is 0 Å². The van der Waals surface area contributed by atoms with Gasteiger partial charge in [-0.3, -0.25) is 9.59 Å². The largest absolute Gasteiger partial charge is 0.350 e. The van der Waals surface area contributed by atoms with Crippen LogP contribution in [0.2, 0.25) is 20.1 Å². The molecule has 0 fully saturated rings. The molecular formula is C24H28Cl4N2O2S. The summed E-state index contributed by atoms with van der Waals surface area (Å²) in [5, 5.41) is 5.07. The van der Waals surface area contributed by atoms with Crippen LogP contribution in [0, 0.1) is 0 Å². The third-order valence-corrected chi connectivity index (χ3v) is 6.88. The summed E-state index contributed by atoms with van der Waals surface area (Å²) in [5.74, 6) is 0.368. The number of hydrogen-bond acceptors (Lipinski definition) is 3. The highest BCUT2D eigenvalue weighted by Crippen LogP contribution is 2.27. The molecule has 2 amide bonds. The molecule has 0 bridgehead atoms. The lowest BCUT2D eigenvalue weighted by atomic mass is 10.1. The van der Waals surface area contributed by atoms with Crippen LogP contribution in [0.25, 0.3) is 0 Å². The zero-order valence-electron chi connectivity index (χ0n) is 19.1. The fourth-order valence-corrected chi connectivity index (χ4v) is 5.11. The number of nitrogens with one attached hydrogen (secondary N) is 1. The molecular weight excluding hydrogens is 522 g/mol. The molecule has 0 aliphatic carbocycles. The Hall–Kier alpha value is -1.11. The molecule has 180 valence electrons. The minimum absolute atomic E-state index is 0.160. The predicted molar refractivity (Wildman–Crippen MR) is 142 cm³/mol. The van der Waals surface area contributed by atoms with E-state index in [2.05, 4.69) is 5.32 Å². The van der Waals surface area contributed by atoms with Gasteiger partial charge in [-0.1, -0.05) is 65.5 Å². The number of rotatable bonds is 9. The van der Waals surface area contributed by atoms with E-state index in [0.29, 0.717) is 32.3 Å². The summed E-state index contributed by atoms with van der Waals surface area (Å²) in [5.41, 5.74) is 1.20. The Morgan fingerprint density at radius 2 is 1.52 bits per heavy atom. The second kappa shape index (κ2) is 12.6. The molecule has 0 aliphatic rings. The molecule has 4 nitrogen and oxygen atoms in total. The third-order valence-electron chi connectivity index (χ3n) is 4.74. The summed E-state index contributed by atoms with van der Waals surface area (Å²) in [7, 11) is 0. The molecule has 9 heteroatoms. The van der Waals surface area contributed by atoms with Crippen molar-refractivity contribution in [1.82, 2.24) is 10.2 Å². The average molecular weight is 550 g/mol. The highest BCUT2D eigenvalue weighted by Gasteiger charge is 2.31. The maximum atomic E-state index is 13.3. The van der Waals surface area contributed by atoms with E-state index in [1.54, 1.807) is 35.2 Å². The van der Waals surface area contributed by atoms with Gasteiger partial charge in [0.1, 0.15) is 6.04 Å². The maximum absolute atomic E-state index is 13.3. The van der Waals surface area contributed by atoms with Crippen LogP contribution in [-0.2, 0) is 21.9 Å². The standard InChI is InChI=1S/C24H28Cl4N2O2S/c1-5-21(23(32)29-24(2,3)4)30(12-15-6-8-17(25)10-19(15)27)22(31)14-33-13-16-7-9-18(26)11-20(16)28/h6-11,21H,5,12-14H2,1-4H3,(H,29,32). The molecule has 2 aromatic rings. The van der Waals surface area contributed by atoms with Crippen LogP contribution in [0.1, 0.15) is 45.2 Å².